The van der Waals surface area contributed by atoms with Crippen LogP contribution in [0.5, 0.6) is 0 Å². The molecule has 0 aliphatic heterocycles. The van der Waals surface area contributed by atoms with E-state index in [1.165, 1.54) is 11.1 Å². The van der Waals surface area contributed by atoms with Crippen LogP contribution < -0.4 is 0 Å². The number of nitrogens with zero attached hydrogens (tertiary/aromatic N) is 2. The topological polar surface area (TPSA) is 17.8 Å². The molecule has 1 aromatic heterocycles. The zero-order chi connectivity index (χ0) is 13.7. The van der Waals surface area contributed by atoms with E-state index in [0.29, 0.717) is 0 Å². The normalized spacial score (nSPS) is 10.1. The van der Waals surface area contributed by atoms with E-state index in [9.17, 15) is 0 Å². The van der Waals surface area contributed by atoms with Crippen molar-refractivity contribution in [1.29, 1.82) is 0 Å². The largest absolute Gasteiger partial charge is 0.333 e. The van der Waals surface area contributed by atoms with Gasteiger partial charge in [0.2, 0.25) is 0 Å². The summed E-state index contributed by atoms with van der Waals surface area (Å²) in [5, 5.41) is 0. The first-order valence-electron chi connectivity index (χ1n) is 6.77. The van der Waals surface area contributed by atoms with Crippen molar-refractivity contribution in [2.45, 2.75) is 40.2 Å². The van der Waals surface area contributed by atoms with Gasteiger partial charge in [0.15, 0.2) is 0 Å². The number of hydrogen-bond donors (Lipinski definition) is 0. The lowest BCUT2D eigenvalue weighted by atomic mass is 10.1. The molecule has 2 nitrogen and oxygen atoms in total. The van der Waals surface area contributed by atoms with Crippen LogP contribution in [0.3, 0.4) is 0 Å². The van der Waals surface area contributed by atoms with Gasteiger partial charge in [0.1, 0.15) is 5.69 Å². The van der Waals surface area contributed by atoms with Gasteiger partial charge in [0.25, 0.3) is 0 Å². The fourth-order valence-electron chi connectivity index (χ4n) is 1.97. The first-order chi connectivity index (χ1) is 9.20. The first kappa shape index (κ1) is 13.4. The first-order valence-corrected chi connectivity index (χ1v) is 6.77. The van der Waals surface area contributed by atoms with Crippen LogP contribution in [-0.4, -0.2) is 9.55 Å². The minimum absolute atomic E-state index is 0.871. The van der Waals surface area contributed by atoms with Crippen molar-refractivity contribution in [3.63, 3.8) is 0 Å². The quantitative estimate of drug-likeness (QED) is 0.764. The van der Waals surface area contributed by atoms with Crippen LogP contribution in [0.15, 0.2) is 30.6 Å². The van der Waals surface area contributed by atoms with E-state index in [-0.39, 0.29) is 0 Å². The third kappa shape index (κ3) is 3.48. The maximum atomic E-state index is 4.37. The average molecular weight is 252 g/mol. The molecule has 0 saturated heterocycles. The van der Waals surface area contributed by atoms with Gasteiger partial charge in [0, 0.05) is 13.0 Å². The van der Waals surface area contributed by atoms with Crippen molar-refractivity contribution in [3.05, 3.63) is 53.1 Å². The Bertz CT molecular complexity index is 594. The van der Waals surface area contributed by atoms with E-state index >= 15 is 0 Å². The smallest absolute Gasteiger partial charge is 0.134 e. The Morgan fingerprint density at radius 2 is 1.89 bits per heavy atom. The number of aryl methyl sites for hydroxylation is 3. The molecule has 1 aromatic carbocycles. The molecule has 2 aromatic rings. The molecule has 0 unspecified atom stereocenters. The zero-order valence-corrected chi connectivity index (χ0v) is 11.9. The Labute approximate surface area is 115 Å². The second-order valence-corrected chi connectivity index (χ2v) is 4.76. The lowest BCUT2D eigenvalue weighted by Crippen LogP contribution is -2.02. The summed E-state index contributed by atoms with van der Waals surface area (Å²) in [4.78, 5) is 4.37. The van der Waals surface area contributed by atoms with Crippen molar-refractivity contribution in [2.24, 2.45) is 0 Å². The molecule has 2 heteroatoms. The maximum Gasteiger partial charge on any atom is 0.134 e. The summed E-state index contributed by atoms with van der Waals surface area (Å²) in [7, 11) is 0. The van der Waals surface area contributed by atoms with Crippen molar-refractivity contribution in [2.75, 3.05) is 0 Å². The lowest BCUT2D eigenvalue weighted by molar-refractivity contribution is 0.677. The Balaban J connectivity index is 2.04. The van der Waals surface area contributed by atoms with E-state index < -0.39 is 0 Å². The van der Waals surface area contributed by atoms with Gasteiger partial charge in [-0.3, -0.25) is 0 Å². The van der Waals surface area contributed by atoms with E-state index in [1.54, 1.807) is 0 Å². The highest BCUT2D eigenvalue weighted by atomic mass is 15.0. The van der Waals surface area contributed by atoms with Crippen LogP contribution in [0.25, 0.3) is 0 Å². The molecule has 0 atom stereocenters. The number of benzene rings is 1. The summed E-state index contributed by atoms with van der Waals surface area (Å²) in [5.74, 6) is 6.18. The Hall–Kier alpha value is -2.01. The second-order valence-electron chi connectivity index (χ2n) is 4.76. The second kappa shape index (κ2) is 6.24. The molecule has 98 valence electrons. The number of rotatable bonds is 3. The molecule has 0 aliphatic rings. The predicted octanol–water partition coefficient (Wildman–Crippen LogP) is 3.50. The van der Waals surface area contributed by atoms with Crippen molar-refractivity contribution < 1.29 is 0 Å². The van der Waals surface area contributed by atoms with Crippen molar-refractivity contribution >= 4 is 0 Å². The predicted molar refractivity (Wildman–Crippen MR) is 79.0 cm³/mol. The highest BCUT2D eigenvalue weighted by molar-refractivity contribution is 5.31. The van der Waals surface area contributed by atoms with Crippen molar-refractivity contribution in [1.82, 2.24) is 9.55 Å². The van der Waals surface area contributed by atoms with Crippen LogP contribution in [0.1, 0.15) is 35.9 Å². The fraction of sp³-hybridized carbons (Fsp3) is 0.353. The molecule has 0 radical (unpaired) electrons. The van der Waals surface area contributed by atoms with E-state index in [0.717, 1.165) is 30.8 Å². The molecule has 0 saturated carbocycles. The summed E-state index contributed by atoms with van der Waals surface area (Å²) < 4.78 is 2.18. The maximum absolute atomic E-state index is 4.37. The minimum atomic E-state index is 0.871. The molecule has 0 bridgehead atoms. The van der Waals surface area contributed by atoms with Gasteiger partial charge in [-0.1, -0.05) is 42.7 Å². The minimum Gasteiger partial charge on any atom is -0.333 e. The van der Waals surface area contributed by atoms with Crippen LogP contribution in [0.4, 0.5) is 0 Å². The molecule has 0 fully saturated rings. The summed E-state index contributed by atoms with van der Waals surface area (Å²) in [6, 6.07) is 8.71. The van der Waals surface area contributed by atoms with Crippen LogP contribution in [0, 0.1) is 25.7 Å². The van der Waals surface area contributed by atoms with E-state index in [4.69, 9.17) is 0 Å². The van der Waals surface area contributed by atoms with Gasteiger partial charge in [-0.15, -0.1) is 0 Å². The molecular formula is C17H20N2. The highest BCUT2D eigenvalue weighted by Gasteiger charge is 2.04. The average Bonchev–Trinajstić information content (AvgIpc) is 2.77. The third-order valence-electron chi connectivity index (χ3n) is 3.25. The summed E-state index contributed by atoms with van der Waals surface area (Å²) in [6.45, 7) is 7.21. The molecule has 0 aliphatic carbocycles. The molecule has 0 spiro atoms. The number of aromatic nitrogens is 2. The highest BCUT2D eigenvalue weighted by Crippen LogP contribution is 2.09. The lowest BCUT2D eigenvalue weighted by Gasteiger charge is -2.05. The molecule has 2 rings (SSSR count). The third-order valence-corrected chi connectivity index (χ3v) is 3.25. The molecular weight excluding hydrogens is 232 g/mol. The molecule has 1 heterocycles. The van der Waals surface area contributed by atoms with Gasteiger partial charge >= 0.3 is 0 Å². The summed E-state index contributed by atoms with van der Waals surface area (Å²) in [5.41, 5.74) is 4.73. The monoisotopic (exact) mass is 252 g/mol. The van der Waals surface area contributed by atoms with E-state index in [2.05, 4.69) is 66.4 Å². The summed E-state index contributed by atoms with van der Waals surface area (Å²) in [6.07, 6.45) is 3.79. The van der Waals surface area contributed by atoms with Crippen LogP contribution in [-0.2, 0) is 13.0 Å². The van der Waals surface area contributed by atoms with Crippen molar-refractivity contribution in [3.8, 4) is 11.8 Å². The molecule has 0 amide bonds. The number of imidazole rings is 1. The Kier molecular flexibility index (Phi) is 4.41. The molecule has 0 N–H and O–H groups in total. The SMILES string of the molecule is CCC#Cc1ncn(CCc2ccc(C)cc2)c1C. The Morgan fingerprint density at radius 3 is 2.58 bits per heavy atom. The summed E-state index contributed by atoms with van der Waals surface area (Å²) >= 11 is 0. The zero-order valence-electron chi connectivity index (χ0n) is 11.9. The van der Waals surface area contributed by atoms with Gasteiger partial charge in [-0.05, 0) is 31.8 Å². The van der Waals surface area contributed by atoms with Gasteiger partial charge in [0.05, 0.1) is 12.0 Å². The molecule has 19 heavy (non-hydrogen) atoms. The fourth-order valence-corrected chi connectivity index (χ4v) is 1.97. The van der Waals surface area contributed by atoms with Gasteiger partial charge in [-0.2, -0.15) is 0 Å². The van der Waals surface area contributed by atoms with E-state index in [1.807, 2.05) is 6.33 Å². The van der Waals surface area contributed by atoms with Crippen LogP contribution >= 0.6 is 0 Å². The number of hydrogen-bond acceptors (Lipinski definition) is 1. The van der Waals surface area contributed by atoms with Gasteiger partial charge < -0.3 is 4.57 Å². The van der Waals surface area contributed by atoms with Gasteiger partial charge in [-0.25, -0.2) is 4.98 Å². The van der Waals surface area contributed by atoms with Crippen LogP contribution in [0.2, 0.25) is 0 Å². The Morgan fingerprint density at radius 1 is 1.16 bits per heavy atom. The standard InChI is InChI=1S/C17H20N2/c1-4-5-6-17-15(3)19(13-18-17)12-11-16-9-7-14(2)8-10-16/h7-10,13H,4,11-12H2,1-3H3.